The van der Waals surface area contributed by atoms with E-state index in [0.717, 1.165) is 0 Å². The van der Waals surface area contributed by atoms with Gasteiger partial charge < -0.3 is 0 Å². The van der Waals surface area contributed by atoms with Gasteiger partial charge in [0, 0.05) is 0 Å². The van der Waals surface area contributed by atoms with Crippen LogP contribution in [0.2, 0.25) is 0 Å². The van der Waals surface area contributed by atoms with Gasteiger partial charge in [0.1, 0.15) is 0 Å². The fourth-order valence-corrected chi connectivity index (χ4v) is 1.39. The average Bonchev–Trinajstić information content (AvgIpc) is 2.32. The van der Waals surface area contributed by atoms with Crippen molar-refractivity contribution in [2.24, 2.45) is 16.1 Å². The summed E-state index contributed by atoms with van der Waals surface area (Å²) in [7, 11) is 0. The van der Waals surface area contributed by atoms with Crippen LogP contribution < -0.4 is 0 Å². The molecule has 2 unspecified atom stereocenters. The van der Waals surface area contributed by atoms with E-state index in [1.165, 1.54) is 0 Å². The van der Waals surface area contributed by atoms with Crippen LogP contribution in [0.3, 0.4) is 0 Å². The van der Waals surface area contributed by atoms with Gasteiger partial charge >= 0.3 is 11.8 Å². The number of hydrogen-bond acceptors (Lipinski definition) is 2. The van der Waals surface area contributed by atoms with Crippen molar-refractivity contribution in [3.8, 4) is 0 Å². The van der Waals surface area contributed by atoms with E-state index in [1.54, 1.807) is 0 Å². The summed E-state index contributed by atoms with van der Waals surface area (Å²) in [5, 5.41) is 6.21. The third-order valence-corrected chi connectivity index (χ3v) is 2.15. The molecule has 0 radical (unpaired) electrons. The SMILES string of the molecule is FC1(F)C2CN=NC2C1(F)F. The molecule has 1 saturated carbocycles. The van der Waals surface area contributed by atoms with Crippen molar-refractivity contribution in [3.05, 3.63) is 0 Å². The molecule has 0 aromatic carbocycles. The lowest BCUT2D eigenvalue weighted by molar-refractivity contribution is -0.316. The van der Waals surface area contributed by atoms with Crippen LogP contribution in [0.5, 0.6) is 0 Å². The van der Waals surface area contributed by atoms with Crippen molar-refractivity contribution in [2.45, 2.75) is 17.9 Å². The van der Waals surface area contributed by atoms with Gasteiger partial charge in [-0.25, -0.2) is 0 Å². The lowest BCUT2D eigenvalue weighted by Gasteiger charge is -2.44. The average molecular weight is 168 g/mol. The second-order valence-electron chi connectivity index (χ2n) is 2.74. The Morgan fingerprint density at radius 3 is 2.27 bits per heavy atom. The second kappa shape index (κ2) is 1.56. The fourth-order valence-electron chi connectivity index (χ4n) is 1.39. The van der Waals surface area contributed by atoms with Gasteiger partial charge in [-0.2, -0.15) is 27.8 Å². The summed E-state index contributed by atoms with van der Waals surface area (Å²) in [4.78, 5) is 0. The minimum Gasteiger partial charge on any atom is -0.199 e. The molecule has 62 valence electrons. The standard InChI is InChI=1S/C5H4F4N2/c6-4(7)2-1-10-11-3(2)5(4,8)9/h2-3H,1H2. The largest absolute Gasteiger partial charge is 0.334 e. The lowest BCUT2D eigenvalue weighted by atomic mass is 9.73. The number of rotatable bonds is 0. The summed E-state index contributed by atoms with van der Waals surface area (Å²) in [6.07, 6.45) is 0. The molecule has 1 aliphatic carbocycles. The Balaban J connectivity index is 2.31. The maximum Gasteiger partial charge on any atom is 0.334 e. The summed E-state index contributed by atoms with van der Waals surface area (Å²) in [5.74, 6) is -9.24. The summed E-state index contributed by atoms with van der Waals surface area (Å²) >= 11 is 0. The zero-order valence-electron chi connectivity index (χ0n) is 5.27. The first-order valence-electron chi connectivity index (χ1n) is 3.10. The van der Waals surface area contributed by atoms with Crippen LogP contribution in [0.1, 0.15) is 0 Å². The molecule has 2 atom stereocenters. The van der Waals surface area contributed by atoms with E-state index in [1.807, 2.05) is 0 Å². The molecule has 2 nitrogen and oxygen atoms in total. The molecule has 0 spiro atoms. The Morgan fingerprint density at radius 2 is 1.73 bits per heavy atom. The van der Waals surface area contributed by atoms with Crippen molar-refractivity contribution in [1.82, 2.24) is 0 Å². The minimum absolute atomic E-state index is 0.271. The molecule has 11 heavy (non-hydrogen) atoms. The minimum atomic E-state index is -3.97. The smallest absolute Gasteiger partial charge is 0.199 e. The molecule has 1 fully saturated rings. The van der Waals surface area contributed by atoms with Crippen molar-refractivity contribution in [3.63, 3.8) is 0 Å². The fraction of sp³-hybridized carbons (Fsp3) is 1.00. The predicted octanol–water partition coefficient (Wildman–Crippen LogP) is 1.72. The number of halogens is 4. The van der Waals surface area contributed by atoms with Crippen LogP contribution in [0.15, 0.2) is 10.2 Å². The van der Waals surface area contributed by atoms with Crippen molar-refractivity contribution < 1.29 is 17.6 Å². The monoisotopic (exact) mass is 168 g/mol. The molecule has 6 heteroatoms. The second-order valence-corrected chi connectivity index (χ2v) is 2.74. The van der Waals surface area contributed by atoms with E-state index in [0.29, 0.717) is 0 Å². The van der Waals surface area contributed by atoms with Crippen LogP contribution in [0.25, 0.3) is 0 Å². The quantitative estimate of drug-likeness (QED) is 0.492. The van der Waals surface area contributed by atoms with E-state index < -0.39 is 23.8 Å². The molecule has 0 amide bonds. The van der Waals surface area contributed by atoms with Gasteiger partial charge in [0.25, 0.3) is 0 Å². The van der Waals surface area contributed by atoms with Gasteiger partial charge in [-0.15, -0.1) is 0 Å². The Labute approximate surface area is 59.3 Å². The van der Waals surface area contributed by atoms with Crippen LogP contribution in [0, 0.1) is 5.92 Å². The predicted molar refractivity (Wildman–Crippen MR) is 26.9 cm³/mol. The number of azo groups is 1. The molecule has 1 heterocycles. The van der Waals surface area contributed by atoms with Crippen LogP contribution in [0.4, 0.5) is 17.6 Å². The maximum absolute atomic E-state index is 12.4. The molecule has 2 aliphatic rings. The lowest BCUT2D eigenvalue weighted by Crippen LogP contribution is -2.68. The van der Waals surface area contributed by atoms with Crippen molar-refractivity contribution in [2.75, 3.05) is 6.54 Å². The van der Waals surface area contributed by atoms with Gasteiger partial charge in [-0.1, -0.05) is 0 Å². The Morgan fingerprint density at radius 1 is 1.09 bits per heavy atom. The zero-order valence-corrected chi connectivity index (χ0v) is 5.27. The van der Waals surface area contributed by atoms with E-state index in [4.69, 9.17) is 0 Å². The van der Waals surface area contributed by atoms with Crippen LogP contribution in [-0.2, 0) is 0 Å². The highest BCUT2D eigenvalue weighted by molar-refractivity contribution is 5.16. The van der Waals surface area contributed by atoms with Gasteiger partial charge in [-0.3, -0.25) is 0 Å². The van der Waals surface area contributed by atoms with Crippen LogP contribution >= 0.6 is 0 Å². The zero-order chi connectivity index (χ0) is 8.28. The number of fused-ring (bicyclic) bond motifs is 1. The molecular weight excluding hydrogens is 164 g/mol. The highest BCUT2D eigenvalue weighted by atomic mass is 19.3. The Bertz CT molecular complexity index is 225. The molecule has 2 rings (SSSR count). The third-order valence-electron chi connectivity index (χ3n) is 2.15. The number of hydrogen-bond donors (Lipinski definition) is 0. The van der Waals surface area contributed by atoms with E-state index >= 15 is 0 Å². The van der Waals surface area contributed by atoms with E-state index in [9.17, 15) is 17.6 Å². The normalized spacial score (nSPS) is 43.3. The van der Waals surface area contributed by atoms with Gasteiger partial charge in [0.15, 0.2) is 6.04 Å². The first-order chi connectivity index (χ1) is 4.98. The summed E-state index contributed by atoms with van der Waals surface area (Å²) in [5.41, 5.74) is 0. The first kappa shape index (κ1) is 7.00. The molecule has 0 bridgehead atoms. The molecule has 0 aromatic heterocycles. The Hall–Kier alpha value is -0.680. The summed E-state index contributed by atoms with van der Waals surface area (Å²) in [6.45, 7) is -0.271. The highest BCUT2D eigenvalue weighted by Gasteiger charge is 2.80. The van der Waals surface area contributed by atoms with E-state index in [-0.39, 0.29) is 6.54 Å². The maximum atomic E-state index is 12.4. The van der Waals surface area contributed by atoms with Crippen LogP contribution in [-0.4, -0.2) is 24.4 Å². The highest BCUT2D eigenvalue weighted by Crippen LogP contribution is 2.58. The topological polar surface area (TPSA) is 24.7 Å². The third kappa shape index (κ3) is 0.543. The number of nitrogens with zero attached hydrogens (tertiary/aromatic N) is 2. The number of alkyl halides is 4. The summed E-state index contributed by atoms with van der Waals surface area (Å²) in [6, 6.07) is -1.57. The van der Waals surface area contributed by atoms with Gasteiger partial charge in [0.2, 0.25) is 0 Å². The molecular formula is C5H4F4N2. The first-order valence-corrected chi connectivity index (χ1v) is 3.10. The van der Waals surface area contributed by atoms with Crippen molar-refractivity contribution in [1.29, 1.82) is 0 Å². The summed E-state index contributed by atoms with van der Waals surface area (Å²) < 4.78 is 49.5. The Kier molecular flexibility index (Phi) is 0.994. The molecule has 1 aliphatic heterocycles. The van der Waals surface area contributed by atoms with Gasteiger partial charge in [-0.05, 0) is 0 Å². The molecule has 0 saturated heterocycles. The molecule has 0 aromatic rings. The van der Waals surface area contributed by atoms with Crippen molar-refractivity contribution >= 4 is 0 Å². The van der Waals surface area contributed by atoms with Gasteiger partial charge in [0.05, 0.1) is 12.5 Å². The molecule has 0 N–H and O–H groups in total. The van der Waals surface area contributed by atoms with E-state index in [2.05, 4.69) is 10.2 Å².